The summed E-state index contributed by atoms with van der Waals surface area (Å²) in [5, 5.41) is 3.21. The minimum absolute atomic E-state index is 0.00821. The summed E-state index contributed by atoms with van der Waals surface area (Å²) in [7, 11) is 0. The Hall–Kier alpha value is -3.30. The first-order valence-corrected chi connectivity index (χ1v) is 9.97. The lowest BCUT2D eigenvalue weighted by molar-refractivity contribution is -0.119. The van der Waals surface area contributed by atoms with Crippen molar-refractivity contribution in [2.24, 2.45) is 11.7 Å². The Morgan fingerprint density at radius 1 is 1.37 bits per heavy atom. The first kappa shape index (κ1) is 18.7. The van der Waals surface area contributed by atoms with Gasteiger partial charge in [0.25, 0.3) is 0 Å². The van der Waals surface area contributed by atoms with Crippen molar-refractivity contribution >= 4 is 23.5 Å². The van der Waals surface area contributed by atoms with E-state index in [9.17, 15) is 14.0 Å². The molecule has 0 radical (unpaired) electrons. The van der Waals surface area contributed by atoms with E-state index in [1.165, 1.54) is 4.90 Å². The van der Waals surface area contributed by atoms with Crippen LogP contribution in [0.1, 0.15) is 12.8 Å². The van der Waals surface area contributed by atoms with E-state index in [2.05, 4.69) is 10.3 Å². The van der Waals surface area contributed by atoms with Crippen LogP contribution >= 0.6 is 0 Å². The molecule has 5 rings (SSSR count). The molecular weight excluding hydrogens is 393 g/mol. The molecule has 0 unspecified atom stereocenters. The lowest BCUT2D eigenvalue weighted by Crippen LogP contribution is -2.37. The number of benzene rings is 1. The molecule has 10 heteroatoms. The molecule has 2 aromatic rings. The number of halogens is 1. The summed E-state index contributed by atoms with van der Waals surface area (Å²) in [4.78, 5) is 29.6. The van der Waals surface area contributed by atoms with Crippen molar-refractivity contribution in [1.82, 2.24) is 9.55 Å². The van der Waals surface area contributed by atoms with Gasteiger partial charge in [-0.3, -0.25) is 9.69 Å². The number of rotatable bonds is 6. The number of primary amides is 1. The summed E-state index contributed by atoms with van der Waals surface area (Å²) >= 11 is 0. The van der Waals surface area contributed by atoms with Crippen LogP contribution in [0.4, 0.5) is 20.7 Å². The second-order valence-corrected chi connectivity index (χ2v) is 7.79. The van der Waals surface area contributed by atoms with E-state index in [4.69, 9.17) is 15.2 Å². The molecule has 1 saturated carbocycles. The zero-order chi connectivity index (χ0) is 20.8. The molecule has 0 bridgehead atoms. The Labute approximate surface area is 171 Å². The summed E-state index contributed by atoms with van der Waals surface area (Å²) < 4.78 is 26.0. The maximum Gasteiger partial charge on any atom is 0.416 e. The monoisotopic (exact) mass is 415 g/mol. The molecule has 2 atom stereocenters. The van der Waals surface area contributed by atoms with E-state index in [0.717, 1.165) is 24.1 Å². The molecule has 3 aliphatic rings. The molecule has 1 aromatic heterocycles. The fourth-order valence-electron chi connectivity index (χ4n) is 3.96. The highest BCUT2D eigenvalue weighted by molar-refractivity contribution is 5.89. The van der Waals surface area contributed by atoms with Crippen LogP contribution < -0.4 is 20.7 Å². The maximum absolute atomic E-state index is 13.3. The fraction of sp³-hybridized carbons (Fsp3) is 0.450. The van der Waals surface area contributed by atoms with Crippen LogP contribution in [0.2, 0.25) is 0 Å². The Balaban J connectivity index is 1.46. The Kier molecular flexibility index (Phi) is 4.48. The normalized spacial score (nSPS) is 21.2. The van der Waals surface area contributed by atoms with Crippen molar-refractivity contribution in [2.45, 2.75) is 31.5 Å². The molecule has 158 valence electrons. The minimum Gasteiger partial charge on any atom is -0.491 e. The number of ether oxygens (including phenoxy) is 2. The van der Waals surface area contributed by atoms with Crippen LogP contribution in [-0.4, -0.2) is 53.5 Å². The third kappa shape index (κ3) is 3.21. The van der Waals surface area contributed by atoms with Crippen molar-refractivity contribution in [3.8, 4) is 17.1 Å². The van der Waals surface area contributed by atoms with Crippen LogP contribution in [0.3, 0.4) is 0 Å². The molecule has 2 amide bonds. The summed E-state index contributed by atoms with van der Waals surface area (Å²) in [5.41, 5.74) is 7.02. The van der Waals surface area contributed by atoms with Gasteiger partial charge in [0.15, 0.2) is 5.82 Å². The summed E-state index contributed by atoms with van der Waals surface area (Å²) in [6, 6.07) is 4.45. The smallest absolute Gasteiger partial charge is 0.416 e. The van der Waals surface area contributed by atoms with Gasteiger partial charge in [0, 0.05) is 18.0 Å². The second-order valence-electron chi connectivity index (χ2n) is 7.79. The number of amides is 2. The Morgan fingerprint density at radius 3 is 2.93 bits per heavy atom. The summed E-state index contributed by atoms with van der Waals surface area (Å²) in [6.45, 7) is 0.228. The average molecular weight is 415 g/mol. The van der Waals surface area contributed by atoms with Crippen molar-refractivity contribution in [1.29, 1.82) is 0 Å². The number of imidazole rings is 1. The number of anilines is 2. The van der Waals surface area contributed by atoms with Crippen LogP contribution in [0.25, 0.3) is 11.4 Å². The molecule has 3 heterocycles. The number of alkyl halides is 1. The number of hydrogen-bond donors (Lipinski definition) is 2. The van der Waals surface area contributed by atoms with E-state index < -0.39 is 24.9 Å². The number of cyclic esters (lactones) is 1. The van der Waals surface area contributed by atoms with Gasteiger partial charge in [-0.25, -0.2) is 14.2 Å². The molecule has 0 spiro atoms. The average Bonchev–Trinajstić information content (AvgIpc) is 3.42. The van der Waals surface area contributed by atoms with Crippen LogP contribution in [-0.2, 0) is 16.1 Å². The predicted octanol–water partition coefficient (Wildman–Crippen LogP) is 1.91. The fourth-order valence-corrected chi connectivity index (χ4v) is 3.96. The molecule has 3 N–H and O–H groups in total. The highest BCUT2D eigenvalue weighted by Crippen LogP contribution is 2.38. The number of nitrogens with zero attached hydrogens (tertiary/aromatic N) is 3. The number of fused-ring (bicyclic) bond motifs is 3. The molecule has 1 saturated heterocycles. The third-order valence-electron chi connectivity index (χ3n) is 5.68. The minimum atomic E-state index is -0.704. The second kappa shape index (κ2) is 7.19. The standard InChI is InChI=1S/C20H22FN5O4/c21-8-13-10-30-20(28)26(13)16-9-25-5-6-29-15-7-12(3-4-14(15)19(25)24-16)23-17(18(22)27)11-1-2-11/h3-4,7,9,11,13,17,23H,1-2,5-6,8,10H2,(H2,22,27)/t13-,17-/m1/s1. The molecule has 1 aromatic carbocycles. The van der Waals surface area contributed by atoms with Gasteiger partial charge >= 0.3 is 6.09 Å². The van der Waals surface area contributed by atoms with Gasteiger partial charge in [-0.2, -0.15) is 0 Å². The van der Waals surface area contributed by atoms with Gasteiger partial charge in [0.1, 0.15) is 43.5 Å². The number of aromatic nitrogens is 2. The number of carbonyl (C=O) groups is 2. The largest absolute Gasteiger partial charge is 0.491 e. The lowest BCUT2D eigenvalue weighted by Gasteiger charge is -2.17. The van der Waals surface area contributed by atoms with E-state index >= 15 is 0 Å². The van der Waals surface area contributed by atoms with Crippen LogP contribution in [0.5, 0.6) is 5.75 Å². The van der Waals surface area contributed by atoms with Gasteiger partial charge in [0.2, 0.25) is 5.91 Å². The van der Waals surface area contributed by atoms with E-state index in [1.54, 1.807) is 6.20 Å². The number of hydrogen-bond acceptors (Lipinski definition) is 6. The van der Waals surface area contributed by atoms with Gasteiger partial charge in [-0.15, -0.1) is 0 Å². The van der Waals surface area contributed by atoms with E-state index in [-0.39, 0.29) is 18.4 Å². The van der Waals surface area contributed by atoms with Gasteiger partial charge in [0.05, 0.1) is 12.1 Å². The zero-order valence-electron chi connectivity index (χ0n) is 16.2. The maximum atomic E-state index is 13.3. The third-order valence-corrected chi connectivity index (χ3v) is 5.68. The summed E-state index contributed by atoms with van der Waals surface area (Å²) in [5.74, 6) is 1.49. The van der Waals surface area contributed by atoms with Crippen molar-refractivity contribution in [3.05, 3.63) is 24.4 Å². The topological polar surface area (TPSA) is 112 Å². The number of carbonyl (C=O) groups excluding carboxylic acids is 2. The lowest BCUT2D eigenvalue weighted by atomic mass is 10.1. The van der Waals surface area contributed by atoms with E-state index in [1.807, 2.05) is 22.8 Å². The predicted molar refractivity (Wildman–Crippen MR) is 106 cm³/mol. The Morgan fingerprint density at radius 2 is 2.20 bits per heavy atom. The molecule has 1 aliphatic carbocycles. The van der Waals surface area contributed by atoms with Gasteiger partial charge in [-0.1, -0.05) is 0 Å². The van der Waals surface area contributed by atoms with Crippen molar-refractivity contribution in [2.75, 3.05) is 30.1 Å². The quantitative estimate of drug-likeness (QED) is 0.746. The summed E-state index contributed by atoms with van der Waals surface area (Å²) in [6.07, 6.45) is 3.09. The molecule has 30 heavy (non-hydrogen) atoms. The SMILES string of the molecule is NC(=O)[C@H](Nc1ccc2c(c1)OCCn1cc(N3C(=O)OC[C@H]3CF)nc1-2)C1CC1. The van der Waals surface area contributed by atoms with Crippen molar-refractivity contribution < 1.29 is 23.5 Å². The van der Waals surface area contributed by atoms with Crippen molar-refractivity contribution in [3.63, 3.8) is 0 Å². The molecule has 2 aliphatic heterocycles. The number of nitrogens with one attached hydrogen (secondary N) is 1. The molecule has 2 fully saturated rings. The van der Waals surface area contributed by atoms with Crippen LogP contribution in [0.15, 0.2) is 24.4 Å². The first-order valence-electron chi connectivity index (χ1n) is 9.97. The zero-order valence-corrected chi connectivity index (χ0v) is 16.2. The highest BCUT2D eigenvalue weighted by atomic mass is 19.1. The van der Waals surface area contributed by atoms with Gasteiger partial charge in [-0.05, 0) is 30.9 Å². The van der Waals surface area contributed by atoms with E-state index in [0.29, 0.717) is 30.5 Å². The van der Waals surface area contributed by atoms with Gasteiger partial charge < -0.3 is 25.1 Å². The van der Waals surface area contributed by atoms with Crippen LogP contribution in [0, 0.1) is 5.92 Å². The first-order chi connectivity index (χ1) is 14.5. The number of nitrogens with two attached hydrogens (primary N) is 1. The Bertz CT molecular complexity index is 1010. The highest BCUT2D eigenvalue weighted by Gasteiger charge is 2.37. The molecule has 9 nitrogen and oxygen atoms in total. The molecular formula is C20H22FN5O4.